The number of nitro benzene ring substituents is 1. The van der Waals surface area contributed by atoms with Crippen LogP contribution in [0.3, 0.4) is 0 Å². The van der Waals surface area contributed by atoms with E-state index in [-0.39, 0.29) is 30.5 Å². The highest BCUT2D eigenvalue weighted by molar-refractivity contribution is 5.94. The van der Waals surface area contributed by atoms with Gasteiger partial charge in [-0.15, -0.1) is 0 Å². The molecule has 0 radical (unpaired) electrons. The molecule has 0 aliphatic heterocycles. The minimum atomic E-state index is -0.524. The fraction of sp³-hybridized carbons (Fsp3) is 0.333. The number of nitrogens with one attached hydrogen (secondary N) is 1. The highest BCUT2D eigenvalue weighted by Gasteiger charge is 2.14. The van der Waals surface area contributed by atoms with E-state index >= 15 is 0 Å². The molecule has 0 aliphatic carbocycles. The van der Waals surface area contributed by atoms with Gasteiger partial charge in [0.2, 0.25) is 5.91 Å². The third-order valence-electron chi connectivity index (χ3n) is 2.62. The Hall–Kier alpha value is -2.44. The number of rotatable bonds is 5. The molecule has 0 aromatic heterocycles. The Kier molecular flexibility index (Phi) is 4.99. The van der Waals surface area contributed by atoms with Gasteiger partial charge in [-0.25, -0.2) is 0 Å². The van der Waals surface area contributed by atoms with Crippen molar-refractivity contribution in [2.75, 3.05) is 20.6 Å². The number of non-ortho nitro benzene ring substituents is 1. The van der Waals surface area contributed by atoms with E-state index in [9.17, 15) is 19.7 Å². The quantitative estimate of drug-likeness (QED) is 0.629. The molecule has 7 nitrogen and oxygen atoms in total. The topological polar surface area (TPSA) is 92.6 Å². The van der Waals surface area contributed by atoms with Gasteiger partial charge in [-0.1, -0.05) is 0 Å². The summed E-state index contributed by atoms with van der Waals surface area (Å²) in [6, 6.07) is 5.35. The number of amides is 2. The molecule has 0 atom stereocenters. The zero-order chi connectivity index (χ0) is 14.4. The van der Waals surface area contributed by atoms with E-state index in [2.05, 4.69) is 5.32 Å². The Balaban J connectivity index is 2.66. The SMILES string of the molecule is CNC(=O)CCN(C)C(=O)c1ccc([N+](=O)[O-])cc1. The molecule has 0 saturated heterocycles. The van der Waals surface area contributed by atoms with Crippen molar-refractivity contribution in [3.05, 3.63) is 39.9 Å². The third-order valence-corrected chi connectivity index (χ3v) is 2.62. The van der Waals surface area contributed by atoms with Gasteiger partial charge in [0.1, 0.15) is 0 Å². The molecular formula is C12H15N3O4. The van der Waals surface area contributed by atoms with Gasteiger partial charge in [0.05, 0.1) is 4.92 Å². The van der Waals surface area contributed by atoms with Gasteiger partial charge >= 0.3 is 0 Å². The second kappa shape index (κ2) is 6.48. The Morgan fingerprint density at radius 1 is 1.32 bits per heavy atom. The summed E-state index contributed by atoms with van der Waals surface area (Å²) in [6.45, 7) is 0.287. The van der Waals surface area contributed by atoms with E-state index in [4.69, 9.17) is 0 Å². The van der Waals surface area contributed by atoms with Crippen molar-refractivity contribution in [1.29, 1.82) is 0 Å². The van der Waals surface area contributed by atoms with Crippen molar-refractivity contribution >= 4 is 17.5 Å². The summed E-state index contributed by atoms with van der Waals surface area (Å²) in [5.74, 6) is -0.429. The molecule has 2 amide bonds. The number of benzene rings is 1. The second-order valence-corrected chi connectivity index (χ2v) is 3.95. The molecule has 1 N–H and O–H groups in total. The summed E-state index contributed by atoms with van der Waals surface area (Å²) in [5, 5.41) is 13.0. The Bertz CT molecular complexity index is 484. The predicted molar refractivity (Wildman–Crippen MR) is 68.7 cm³/mol. The number of carbonyl (C=O) groups is 2. The molecular weight excluding hydrogens is 250 g/mol. The van der Waals surface area contributed by atoms with Gasteiger partial charge in [-0.05, 0) is 12.1 Å². The molecule has 0 bridgehead atoms. The fourth-order valence-corrected chi connectivity index (χ4v) is 1.44. The van der Waals surface area contributed by atoms with Crippen molar-refractivity contribution in [3.8, 4) is 0 Å². The van der Waals surface area contributed by atoms with Gasteiger partial charge in [0, 0.05) is 44.8 Å². The van der Waals surface area contributed by atoms with Crippen LogP contribution in [0.1, 0.15) is 16.8 Å². The molecule has 19 heavy (non-hydrogen) atoms. The lowest BCUT2D eigenvalue weighted by molar-refractivity contribution is -0.384. The smallest absolute Gasteiger partial charge is 0.269 e. The van der Waals surface area contributed by atoms with E-state index in [0.717, 1.165) is 0 Å². The van der Waals surface area contributed by atoms with Crippen molar-refractivity contribution in [2.24, 2.45) is 0 Å². The molecule has 1 aromatic rings. The Morgan fingerprint density at radius 2 is 1.89 bits per heavy atom. The average molecular weight is 265 g/mol. The summed E-state index contributed by atoms with van der Waals surface area (Å²) < 4.78 is 0. The zero-order valence-corrected chi connectivity index (χ0v) is 10.8. The molecule has 0 unspecified atom stereocenters. The lowest BCUT2D eigenvalue weighted by atomic mass is 10.2. The van der Waals surface area contributed by atoms with Gasteiger partial charge in [0.25, 0.3) is 11.6 Å². The number of hydrogen-bond acceptors (Lipinski definition) is 4. The van der Waals surface area contributed by atoms with Crippen LogP contribution in [0.4, 0.5) is 5.69 Å². The number of nitro groups is 1. The van der Waals surface area contributed by atoms with Crippen LogP contribution < -0.4 is 5.32 Å². The monoisotopic (exact) mass is 265 g/mol. The first-order chi connectivity index (χ1) is 8.95. The highest BCUT2D eigenvalue weighted by atomic mass is 16.6. The van der Waals surface area contributed by atoms with Crippen molar-refractivity contribution < 1.29 is 14.5 Å². The first-order valence-corrected chi connectivity index (χ1v) is 5.66. The predicted octanol–water partition coefficient (Wildman–Crippen LogP) is 0.803. The van der Waals surface area contributed by atoms with E-state index < -0.39 is 4.92 Å². The molecule has 0 fully saturated rings. The lowest BCUT2D eigenvalue weighted by Crippen LogP contribution is -2.31. The molecule has 0 spiro atoms. The maximum absolute atomic E-state index is 12.0. The third kappa shape index (κ3) is 4.06. The van der Waals surface area contributed by atoms with Crippen LogP contribution in [0.2, 0.25) is 0 Å². The van der Waals surface area contributed by atoms with E-state index in [1.807, 2.05) is 0 Å². The van der Waals surface area contributed by atoms with Gasteiger partial charge in [0.15, 0.2) is 0 Å². The van der Waals surface area contributed by atoms with Gasteiger partial charge in [-0.3, -0.25) is 19.7 Å². The van der Waals surface area contributed by atoms with Crippen LogP contribution in [0, 0.1) is 10.1 Å². The summed E-state index contributed by atoms with van der Waals surface area (Å²) in [5.41, 5.74) is 0.287. The van der Waals surface area contributed by atoms with Crippen LogP contribution >= 0.6 is 0 Å². The van der Waals surface area contributed by atoms with Crippen LogP contribution in [0.15, 0.2) is 24.3 Å². The maximum Gasteiger partial charge on any atom is 0.269 e. The molecule has 102 valence electrons. The lowest BCUT2D eigenvalue weighted by Gasteiger charge is -2.16. The van der Waals surface area contributed by atoms with Crippen LogP contribution in [-0.2, 0) is 4.79 Å². The summed E-state index contributed by atoms with van der Waals surface area (Å²) >= 11 is 0. The van der Waals surface area contributed by atoms with Gasteiger partial charge < -0.3 is 10.2 Å². The number of hydrogen-bond donors (Lipinski definition) is 1. The first kappa shape index (κ1) is 14.6. The first-order valence-electron chi connectivity index (χ1n) is 5.66. The van der Waals surface area contributed by atoms with Gasteiger partial charge in [-0.2, -0.15) is 0 Å². The van der Waals surface area contributed by atoms with Crippen molar-refractivity contribution in [1.82, 2.24) is 10.2 Å². The molecule has 0 aliphatic rings. The van der Waals surface area contributed by atoms with Crippen LogP contribution in [0.5, 0.6) is 0 Å². The Morgan fingerprint density at radius 3 is 2.37 bits per heavy atom. The summed E-state index contributed by atoms with van der Waals surface area (Å²) in [7, 11) is 3.10. The van der Waals surface area contributed by atoms with Crippen LogP contribution in [-0.4, -0.2) is 42.3 Å². The standard InChI is InChI=1S/C12H15N3O4/c1-13-11(16)7-8-14(2)12(17)9-3-5-10(6-4-9)15(18)19/h3-6H,7-8H2,1-2H3,(H,13,16). The molecule has 7 heteroatoms. The zero-order valence-electron chi connectivity index (χ0n) is 10.8. The summed E-state index contributed by atoms with van der Waals surface area (Å²) in [4.78, 5) is 34.4. The Labute approximate surface area is 110 Å². The second-order valence-electron chi connectivity index (χ2n) is 3.95. The average Bonchev–Trinajstić information content (AvgIpc) is 2.43. The molecule has 1 rings (SSSR count). The largest absolute Gasteiger partial charge is 0.359 e. The molecule has 0 heterocycles. The summed E-state index contributed by atoms with van der Waals surface area (Å²) in [6.07, 6.45) is 0.214. The number of carbonyl (C=O) groups excluding carboxylic acids is 2. The van der Waals surface area contributed by atoms with Crippen molar-refractivity contribution in [2.45, 2.75) is 6.42 Å². The van der Waals surface area contributed by atoms with Crippen molar-refractivity contribution in [3.63, 3.8) is 0 Å². The molecule has 0 saturated carbocycles. The normalized spacial score (nSPS) is 9.79. The minimum Gasteiger partial charge on any atom is -0.359 e. The number of nitrogens with zero attached hydrogens (tertiary/aromatic N) is 2. The minimum absolute atomic E-state index is 0.0652. The fourth-order valence-electron chi connectivity index (χ4n) is 1.44. The van der Waals surface area contributed by atoms with E-state index in [1.165, 1.54) is 36.2 Å². The van der Waals surface area contributed by atoms with Crippen LogP contribution in [0.25, 0.3) is 0 Å². The van der Waals surface area contributed by atoms with E-state index in [1.54, 1.807) is 7.05 Å². The highest BCUT2D eigenvalue weighted by Crippen LogP contribution is 2.13. The maximum atomic E-state index is 12.0. The van der Waals surface area contributed by atoms with E-state index in [0.29, 0.717) is 5.56 Å². The molecule has 1 aromatic carbocycles.